The number of aryl methyl sites for hydroxylation is 1. The summed E-state index contributed by atoms with van der Waals surface area (Å²) in [6.45, 7) is 2.31. The van der Waals surface area contributed by atoms with Gasteiger partial charge in [-0.15, -0.1) is 0 Å². The number of fused-ring (bicyclic) bond motifs is 1. The summed E-state index contributed by atoms with van der Waals surface area (Å²) in [4.78, 5) is 19.5. The van der Waals surface area contributed by atoms with E-state index in [9.17, 15) is 4.79 Å². The van der Waals surface area contributed by atoms with Crippen LogP contribution in [0.3, 0.4) is 0 Å². The Kier molecular flexibility index (Phi) is 4.64. The lowest BCUT2D eigenvalue weighted by atomic mass is 10.1. The van der Waals surface area contributed by atoms with Crippen LogP contribution in [-0.4, -0.2) is 18.0 Å². The first-order chi connectivity index (χ1) is 13.1. The lowest BCUT2D eigenvalue weighted by molar-refractivity contribution is 0.0983. The summed E-state index contributed by atoms with van der Waals surface area (Å²) in [6.07, 6.45) is 1.60. The molecule has 0 aliphatic carbocycles. The summed E-state index contributed by atoms with van der Waals surface area (Å²) >= 11 is 1.46. The van der Waals surface area contributed by atoms with E-state index in [2.05, 4.69) is 4.98 Å². The number of furan rings is 1. The maximum Gasteiger partial charge on any atom is 0.260 e. The highest BCUT2D eigenvalue weighted by Gasteiger charge is 2.22. The van der Waals surface area contributed by atoms with Crippen LogP contribution in [0.5, 0.6) is 5.75 Å². The smallest absolute Gasteiger partial charge is 0.260 e. The fourth-order valence-corrected chi connectivity index (χ4v) is 3.76. The van der Waals surface area contributed by atoms with Crippen molar-refractivity contribution in [2.24, 2.45) is 0 Å². The van der Waals surface area contributed by atoms with Gasteiger partial charge in [0.2, 0.25) is 0 Å². The van der Waals surface area contributed by atoms with Crippen molar-refractivity contribution in [3.05, 3.63) is 77.7 Å². The second-order valence-electron chi connectivity index (χ2n) is 6.17. The SMILES string of the molecule is COc1ccc2nc(N(Cc3ccco3)C(=O)c3ccc(C)cc3)sc2c1. The molecular weight excluding hydrogens is 360 g/mol. The van der Waals surface area contributed by atoms with Crippen LogP contribution >= 0.6 is 11.3 Å². The first kappa shape index (κ1) is 17.3. The summed E-state index contributed by atoms with van der Waals surface area (Å²) in [7, 11) is 1.63. The van der Waals surface area contributed by atoms with Crippen molar-refractivity contribution in [2.75, 3.05) is 12.0 Å². The van der Waals surface area contributed by atoms with Crippen LogP contribution in [0.2, 0.25) is 0 Å². The van der Waals surface area contributed by atoms with Gasteiger partial charge in [-0.3, -0.25) is 9.69 Å². The van der Waals surface area contributed by atoms with Crippen LogP contribution in [0.1, 0.15) is 21.7 Å². The van der Waals surface area contributed by atoms with E-state index in [0.717, 1.165) is 21.5 Å². The molecule has 0 atom stereocenters. The molecule has 0 unspecified atom stereocenters. The topological polar surface area (TPSA) is 55.6 Å². The van der Waals surface area contributed by atoms with E-state index < -0.39 is 0 Å². The van der Waals surface area contributed by atoms with Gasteiger partial charge in [0, 0.05) is 5.56 Å². The van der Waals surface area contributed by atoms with E-state index in [-0.39, 0.29) is 5.91 Å². The minimum Gasteiger partial charge on any atom is -0.497 e. The van der Waals surface area contributed by atoms with Crippen LogP contribution in [-0.2, 0) is 6.54 Å². The second-order valence-corrected chi connectivity index (χ2v) is 7.18. The Morgan fingerprint density at radius 3 is 2.70 bits per heavy atom. The molecule has 0 saturated carbocycles. The van der Waals surface area contributed by atoms with Gasteiger partial charge in [0.15, 0.2) is 5.13 Å². The monoisotopic (exact) mass is 378 g/mol. The summed E-state index contributed by atoms with van der Waals surface area (Å²) in [5.74, 6) is 1.35. The van der Waals surface area contributed by atoms with Crippen molar-refractivity contribution < 1.29 is 13.9 Å². The van der Waals surface area contributed by atoms with Gasteiger partial charge in [0.25, 0.3) is 5.91 Å². The standard InChI is InChI=1S/C21H18N2O3S/c1-14-5-7-15(8-6-14)20(24)23(13-17-4-3-11-26-17)21-22-18-10-9-16(25-2)12-19(18)27-21/h3-12H,13H2,1-2H3. The Labute approximate surface area is 160 Å². The number of anilines is 1. The Morgan fingerprint density at radius 1 is 1.19 bits per heavy atom. The molecule has 0 fully saturated rings. The number of hydrogen-bond donors (Lipinski definition) is 0. The van der Waals surface area contributed by atoms with Gasteiger partial charge in [-0.2, -0.15) is 0 Å². The molecule has 4 rings (SSSR count). The van der Waals surface area contributed by atoms with Crippen LogP contribution in [0, 0.1) is 6.92 Å². The van der Waals surface area contributed by atoms with E-state index in [1.54, 1.807) is 18.3 Å². The number of hydrogen-bond acceptors (Lipinski definition) is 5. The quantitative estimate of drug-likeness (QED) is 0.487. The van der Waals surface area contributed by atoms with Crippen molar-refractivity contribution in [3.63, 3.8) is 0 Å². The summed E-state index contributed by atoms with van der Waals surface area (Å²) in [5.41, 5.74) is 2.55. The Morgan fingerprint density at radius 2 is 2.00 bits per heavy atom. The maximum absolute atomic E-state index is 13.2. The maximum atomic E-state index is 13.2. The van der Waals surface area contributed by atoms with Gasteiger partial charge in [-0.05, 0) is 49.4 Å². The zero-order valence-electron chi connectivity index (χ0n) is 15.0. The van der Waals surface area contributed by atoms with Gasteiger partial charge < -0.3 is 9.15 Å². The highest BCUT2D eigenvalue weighted by atomic mass is 32.1. The predicted molar refractivity (Wildman–Crippen MR) is 107 cm³/mol. The second kappa shape index (κ2) is 7.25. The number of nitrogens with zero attached hydrogens (tertiary/aromatic N) is 2. The minimum absolute atomic E-state index is 0.113. The van der Waals surface area contributed by atoms with E-state index in [4.69, 9.17) is 9.15 Å². The summed E-state index contributed by atoms with van der Waals surface area (Å²) in [5, 5.41) is 0.625. The van der Waals surface area contributed by atoms with Gasteiger partial charge in [0.05, 0.1) is 30.1 Å². The zero-order valence-corrected chi connectivity index (χ0v) is 15.8. The largest absolute Gasteiger partial charge is 0.497 e. The van der Waals surface area contributed by atoms with Gasteiger partial charge in [0.1, 0.15) is 11.5 Å². The third kappa shape index (κ3) is 3.57. The Balaban J connectivity index is 1.75. The number of carbonyl (C=O) groups excluding carboxylic acids is 1. The van der Waals surface area contributed by atoms with Crippen LogP contribution in [0.15, 0.2) is 65.3 Å². The molecule has 0 bridgehead atoms. The lowest BCUT2D eigenvalue weighted by Gasteiger charge is -2.18. The van der Waals surface area contributed by atoms with Crippen LogP contribution < -0.4 is 9.64 Å². The molecule has 0 aliphatic rings. The highest BCUT2D eigenvalue weighted by molar-refractivity contribution is 7.22. The molecular formula is C21H18N2O3S. The molecule has 0 N–H and O–H groups in total. The number of methoxy groups -OCH3 is 1. The summed E-state index contributed by atoms with van der Waals surface area (Å²) in [6, 6.07) is 16.9. The van der Waals surface area contributed by atoms with Crippen molar-refractivity contribution in [1.82, 2.24) is 4.98 Å². The molecule has 0 radical (unpaired) electrons. The Hall–Kier alpha value is -3.12. The number of rotatable bonds is 5. The van der Waals surface area contributed by atoms with Crippen molar-refractivity contribution in [3.8, 4) is 5.75 Å². The van der Waals surface area contributed by atoms with E-state index in [0.29, 0.717) is 23.0 Å². The molecule has 0 aliphatic heterocycles. The number of amides is 1. The zero-order chi connectivity index (χ0) is 18.8. The average molecular weight is 378 g/mol. The predicted octanol–water partition coefficient (Wildman–Crippen LogP) is 5.05. The van der Waals surface area contributed by atoms with Crippen molar-refractivity contribution in [2.45, 2.75) is 13.5 Å². The van der Waals surface area contributed by atoms with Gasteiger partial charge >= 0.3 is 0 Å². The molecule has 2 aromatic carbocycles. The van der Waals surface area contributed by atoms with Gasteiger partial charge in [-0.1, -0.05) is 29.0 Å². The third-order valence-electron chi connectivity index (χ3n) is 4.25. The molecule has 136 valence electrons. The molecule has 0 saturated heterocycles. The van der Waals surface area contributed by atoms with Crippen molar-refractivity contribution in [1.29, 1.82) is 0 Å². The fourth-order valence-electron chi connectivity index (χ4n) is 2.77. The molecule has 2 aromatic heterocycles. The molecule has 0 spiro atoms. The van der Waals surface area contributed by atoms with E-state index >= 15 is 0 Å². The minimum atomic E-state index is -0.113. The molecule has 27 heavy (non-hydrogen) atoms. The number of ether oxygens (including phenoxy) is 1. The number of aromatic nitrogens is 1. The summed E-state index contributed by atoms with van der Waals surface area (Å²) < 4.78 is 11.7. The highest BCUT2D eigenvalue weighted by Crippen LogP contribution is 2.33. The molecule has 4 aromatic rings. The number of benzene rings is 2. The van der Waals surface area contributed by atoms with Gasteiger partial charge in [-0.25, -0.2) is 4.98 Å². The number of carbonyl (C=O) groups is 1. The first-order valence-corrected chi connectivity index (χ1v) is 9.31. The normalized spacial score (nSPS) is 10.9. The van der Waals surface area contributed by atoms with Crippen LogP contribution in [0.4, 0.5) is 5.13 Å². The fraction of sp³-hybridized carbons (Fsp3) is 0.143. The first-order valence-electron chi connectivity index (χ1n) is 8.49. The number of thiazole rings is 1. The molecule has 1 amide bonds. The van der Waals surface area contributed by atoms with E-state index in [1.807, 2.05) is 61.5 Å². The molecule has 5 nitrogen and oxygen atoms in total. The Bertz CT molecular complexity index is 1070. The average Bonchev–Trinajstić information content (AvgIpc) is 3.34. The molecule has 2 heterocycles. The van der Waals surface area contributed by atoms with Crippen molar-refractivity contribution >= 4 is 32.6 Å². The third-order valence-corrected chi connectivity index (χ3v) is 5.29. The van der Waals surface area contributed by atoms with E-state index in [1.165, 1.54) is 11.3 Å². The molecule has 6 heteroatoms. The van der Waals surface area contributed by atoms with Crippen LogP contribution in [0.25, 0.3) is 10.2 Å². The lowest BCUT2D eigenvalue weighted by Crippen LogP contribution is -2.30.